The third-order valence-electron chi connectivity index (χ3n) is 3.95. The zero-order valence-corrected chi connectivity index (χ0v) is 12.1. The van der Waals surface area contributed by atoms with Crippen LogP contribution in [0.25, 0.3) is 0 Å². The van der Waals surface area contributed by atoms with Gasteiger partial charge in [-0.15, -0.1) is 0 Å². The highest BCUT2D eigenvalue weighted by Gasteiger charge is 2.22. The predicted molar refractivity (Wildman–Crippen MR) is 77.7 cm³/mol. The average Bonchev–Trinajstić information content (AvgIpc) is 2.70. The van der Waals surface area contributed by atoms with E-state index in [4.69, 9.17) is 9.47 Å². The van der Waals surface area contributed by atoms with Crippen LogP contribution in [0.1, 0.15) is 37.3 Å². The lowest BCUT2D eigenvalue weighted by Crippen LogP contribution is -2.31. The predicted octanol–water partition coefficient (Wildman–Crippen LogP) is 3.26. The lowest BCUT2D eigenvalue weighted by atomic mass is 10.0. The van der Waals surface area contributed by atoms with Gasteiger partial charge in [0.15, 0.2) is 0 Å². The Kier molecular flexibility index (Phi) is 5.67. The number of hydrogen-bond donors (Lipinski definition) is 0. The minimum absolute atomic E-state index is 0.531. The van der Waals surface area contributed by atoms with Gasteiger partial charge in [-0.3, -0.25) is 4.90 Å². The van der Waals surface area contributed by atoms with Crippen LogP contribution in [0.15, 0.2) is 24.3 Å². The SMILES string of the molecule is COCCN1CCCCCC1c1ccc(OC)cc1. The fraction of sp³-hybridized carbons (Fsp3) is 0.625. The molecule has 106 valence electrons. The summed E-state index contributed by atoms with van der Waals surface area (Å²) in [6.07, 6.45) is 5.21. The minimum atomic E-state index is 0.531. The molecule has 1 saturated heterocycles. The summed E-state index contributed by atoms with van der Waals surface area (Å²) in [5.74, 6) is 0.931. The van der Waals surface area contributed by atoms with Crippen molar-refractivity contribution in [2.75, 3.05) is 33.9 Å². The molecule has 0 N–H and O–H groups in total. The van der Waals surface area contributed by atoms with E-state index in [0.29, 0.717) is 6.04 Å². The van der Waals surface area contributed by atoms with Crippen molar-refractivity contribution >= 4 is 0 Å². The van der Waals surface area contributed by atoms with Gasteiger partial charge in [-0.1, -0.05) is 25.0 Å². The highest BCUT2D eigenvalue weighted by Crippen LogP contribution is 2.30. The number of likely N-dealkylation sites (tertiary alicyclic amines) is 1. The molecule has 1 atom stereocenters. The van der Waals surface area contributed by atoms with E-state index < -0.39 is 0 Å². The molecule has 1 unspecified atom stereocenters. The molecule has 19 heavy (non-hydrogen) atoms. The molecular weight excluding hydrogens is 238 g/mol. The van der Waals surface area contributed by atoms with Crippen molar-refractivity contribution in [3.05, 3.63) is 29.8 Å². The van der Waals surface area contributed by atoms with Crippen molar-refractivity contribution in [1.82, 2.24) is 4.90 Å². The van der Waals surface area contributed by atoms with Gasteiger partial charge in [0.25, 0.3) is 0 Å². The van der Waals surface area contributed by atoms with Gasteiger partial charge in [0.1, 0.15) is 5.75 Å². The third kappa shape index (κ3) is 3.95. The topological polar surface area (TPSA) is 21.7 Å². The molecule has 1 aliphatic heterocycles. The van der Waals surface area contributed by atoms with E-state index in [9.17, 15) is 0 Å². The molecule has 1 aromatic carbocycles. The normalized spacial score (nSPS) is 21.1. The number of ether oxygens (including phenoxy) is 2. The summed E-state index contributed by atoms with van der Waals surface area (Å²) in [5.41, 5.74) is 1.40. The van der Waals surface area contributed by atoms with Crippen LogP contribution in [0.4, 0.5) is 0 Å². The second-order valence-electron chi connectivity index (χ2n) is 5.17. The highest BCUT2D eigenvalue weighted by atomic mass is 16.5. The van der Waals surface area contributed by atoms with Crippen LogP contribution in [0.2, 0.25) is 0 Å². The fourth-order valence-corrected chi connectivity index (χ4v) is 2.85. The highest BCUT2D eigenvalue weighted by molar-refractivity contribution is 5.29. The molecule has 1 aromatic rings. The van der Waals surface area contributed by atoms with Gasteiger partial charge in [0, 0.05) is 19.7 Å². The molecule has 0 bridgehead atoms. The first-order valence-electron chi connectivity index (χ1n) is 7.22. The Morgan fingerprint density at radius 1 is 1.11 bits per heavy atom. The molecule has 1 heterocycles. The fourth-order valence-electron chi connectivity index (χ4n) is 2.85. The molecule has 3 heteroatoms. The summed E-state index contributed by atoms with van der Waals surface area (Å²) < 4.78 is 10.5. The standard InChI is InChI=1S/C16H25NO2/c1-18-13-12-17-11-5-3-4-6-16(17)14-7-9-15(19-2)10-8-14/h7-10,16H,3-6,11-13H2,1-2H3. The van der Waals surface area contributed by atoms with Crippen molar-refractivity contribution < 1.29 is 9.47 Å². The number of benzene rings is 1. The smallest absolute Gasteiger partial charge is 0.118 e. The zero-order chi connectivity index (χ0) is 13.5. The van der Waals surface area contributed by atoms with Crippen molar-refractivity contribution in [3.8, 4) is 5.75 Å². The van der Waals surface area contributed by atoms with Crippen molar-refractivity contribution in [1.29, 1.82) is 0 Å². The number of rotatable bonds is 5. The Labute approximate surface area is 116 Å². The van der Waals surface area contributed by atoms with Crippen LogP contribution in [-0.4, -0.2) is 38.8 Å². The van der Waals surface area contributed by atoms with Crippen molar-refractivity contribution in [2.45, 2.75) is 31.7 Å². The molecule has 1 fully saturated rings. The minimum Gasteiger partial charge on any atom is -0.497 e. The maximum atomic E-state index is 5.24. The Hall–Kier alpha value is -1.06. The van der Waals surface area contributed by atoms with E-state index in [1.165, 1.54) is 37.8 Å². The molecule has 0 aromatic heterocycles. The molecule has 0 amide bonds. The number of methoxy groups -OCH3 is 2. The van der Waals surface area contributed by atoms with E-state index >= 15 is 0 Å². The summed E-state index contributed by atoms with van der Waals surface area (Å²) >= 11 is 0. The molecule has 0 saturated carbocycles. The van der Waals surface area contributed by atoms with E-state index in [1.54, 1.807) is 14.2 Å². The van der Waals surface area contributed by atoms with Gasteiger partial charge < -0.3 is 9.47 Å². The zero-order valence-electron chi connectivity index (χ0n) is 12.1. The van der Waals surface area contributed by atoms with Crippen LogP contribution in [0.5, 0.6) is 5.75 Å². The second-order valence-corrected chi connectivity index (χ2v) is 5.17. The summed E-state index contributed by atoms with van der Waals surface area (Å²) in [6, 6.07) is 9.07. The van der Waals surface area contributed by atoms with E-state index in [2.05, 4.69) is 29.2 Å². The van der Waals surface area contributed by atoms with Crippen LogP contribution < -0.4 is 4.74 Å². The van der Waals surface area contributed by atoms with Crippen LogP contribution in [0, 0.1) is 0 Å². The maximum Gasteiger partial charge on any atom is 0.118 e. The molecular formula is C16H25NO2. The molecule has 0 aliphatic carbocycles. The van der Waals surface area contributed by atoms with Gasteiger partial charge in [-0.05, 0) is 37.1 Å². The van der Waals surface area contributed by atoms with Gasteiger partial charge in [-0.2, -0.15) is 0 Å². The third-order valence-corrected chi connectivity index (χ3v) is 3.95. The van der Waals surface area contributed by atoms with E-state index in [0.717, 1.165) is 18.9 Å². The van der Waals surface area contributed by atoms with Gasteiger partial charge in [0.05, 0.1) is 13.7 Å². The van der Waals surface area contributed by atoms with Crippen molar-refractivity contribution in [3.63, 3.8) is 0 Å². The Morgan fingerprint density at radius 2 is 1.89 bits per heavy atom. The van der Waals surface area contributed by atoms with Gasteiger partial charge in [-0.25, -0.2) is 0 Å². The summed E-state index contributed by atoms with van der Waals surface area (Å²) in [7, 11) is 3.49. The largest absolute Gasteiger partial charge is 0.497 e. The van der Waals surface area contributed by atoms with E-state index in [1.807, 2.05) is 0 Å². The first-order valence-corrected chi connectivity index (χ1v) is 7.22. The molecule has 1 aliphatic rings. The molecule has 0 radical (unpaired) electrons. The van der Waals surface area contributed by atoms with Gasteiger partial charge in [0.2, 0.25) is 0 Å². The number of nitrogens with zero attached hydrogens (tertiary/aromatic N) is 1. The van der Waals surface area contributed by atoms with Crippen LogP contribution in [-0.2, 0) is 4.74 Å². The first kappa shape index (κ1) is 14.4. The van der Waals surface area contributed by atoms with E-state index in [-0.39, 0.29) is 0 Å². The summed E-state index contributed by atoms with van der Waals surface area (Å²) in [6.45, 7) is 3.01. The summed E-state index contributed by atoms with van der Waals surface area (Å²) in [4.78, 5) is 2.57. The van der Waals surface area contributed by atoms with Crippen molar-refractivity contribution in [2.24, 2.45) is 0 Å². The van der Waals surface area contributed by atoms with Crippen LogP contribution in [0.3, 0.4) is 0 Å². The lowest BCUT2D eigenvalue weighted by molar-refractivity contribution is 0.121. The first-order chi connectivity index (χ1) is 9.35. The Morgan fingerprint density at radius 3 is 2.58 bits per heavy atom. The number of hydrogen-bond acceptors (Lipinski definition) is 3. The molecule has 3 nitrogen and oxygen atoms in total. The Balaban J connectivity index is 2.10. The lowest BCUT2D eigenvalue weighted by Gasteiger charge is -2.30. The van der Waals surface area contributed by atoms with Gasteiger partial charge >= 0.3 is 0 Å². The second kappa shape index (κ2) is 7.51. The quantitative estimate of drug-likeness (QED) is 0.814. The monoisotopic (exact) mass is 263 g/mol. The molecule has 0 spiro atoms. The Bertz CT molecular complexity index is 364. The average molecular weight is 263 g/mol. The summed E-state index contributed by atoms with van der Waals surface area (Å²) in [5, 5.41) is 0. The van der Waals surface area contributed by atoms with Crippen LogP contribution >= 0.6 is 0 Å². The maximum absolute atomic E-state index is 5.24. The molecule has 2 rings (SSSR count).